The van der Waals surface area contributed by atoms with Crippen molar-refractivity contribution in [2.24, 2.45) is 5.92 Å². The van der Waals surface area contributed by atoms with E-state index in [0.717, 1.165) is 6.42 Å². The summed E-state index contributed by atoms with van der Waals surface area (Å²) < 4.78 is 41.7. The van der Waals surface area contributed by atoms with Gasteiger partial charge in [0.25, 0.3) is 5.91 Å². The predicted molar refractivity (Wildman–Crippen MR) is 84.5 cm³/mol. The maximum atomic E-state index is 12.4. The minimum absolute atomic E-state index is 0.0531. The van der Waals surface area contributed by atoms with Gasteiger partial charge >= 0.3 is 6.18 Å². The second-order valence-electron chi connectivity index (χ2n) is 6.67. The number of halogens is 3. The van der Waals surface area contributed by atoms with Gasteiger partial charge in [0, 0.05) is 31.3 Å². The average molecular weight is 374 g/mol. The molecule has 2 saturated heterocycles. The molecule has 2 amide bonds. The molecule has 0 aromatic carbocycles. The van der Waals surface area contributed by atoms with E-state index in [1.165, 1.54) is 6.07 Å². The minimum atomic E-state index is -4.46. The topological polar surface area (TPSA) is 87.3 Å². The Labute approximate surface area is 148 Å². The number of likely N-dealkylation sites (tertiary alicyclic amines) is 1. The number of hydrogen-bond acceptors (Lipinski definition) is 4. The van der Waals surface area contributed by atoms with Gasteiger partial charge < -0.3 is 15.0 Å². The molecular formula is C16H21F3N4O3. The molecule has 2 fully saturated rings. The molecule has 0 saturated carbocycles. The SMILES string of the molecule is O=C(NCC(F)(F)F)c1cc(C2CCN(C(=O)C3CCOC3)CC2)[nH]n1. The van der Waals surface area contributed by atoms with Crippen LogP contribution in [0.5, 0.6) is 0 Å². The smallest absolute Gasteiger partial charge is 0.381 e. The fourth-order valence-electron chi connectivity index (χ4n) is 3.33. The quantitative estimate of drug-likeness (QED) is 0.835. The number of hydrogen-bond donors (Lipinski definition) is 2. The predicted octanol–water partition coefficient (Wildman–Crippen LogP) is 1.44. The molecule has 2 aliphatic rings. The lowest BCUT2D eigenvalue weighted by atomic mass is 9.92. The minimum Gasteiger partial charge on any atom is -0.381 e. The molecule has 0 bridgehead atoms. The summed E-state index contributed by atoms with van der Waals surface area (Å²) in [5, 5.41) is 8.34. The Hall–Kier alpha value is -2.10. The van der Waals surface area contributed by atoms with E-state index in [1.54, 1.807) is 5.32 Å². The third-order valence-electron chi connectivity index (χ3n) is 4.81. The van der Waals surface area contributed by atoms with Crippen LogP contribution in [0.4, 0.5) is 13.2 Å². The molecular weight excluding hydrogens is 353 g/mol. The van der Waals surface area contributed by atoms with Crippen molar-refractivity contribution < 1.29 is 27.5 Å². The summed E-state index contributed by atoms with van der Waals surface area (Å²) in [7, 11) is 0. The van der Waals surface area contributed by atoms with Gasteiger partial charge in [-0.05, 0) is 25.3 Å². The summed E-state index contributed by atoms with van der Waals surface area (Å²) >= 11 is 0. The van der Waals surface area contributed by atoms with E-state index in [0.29, 0.717) is 44.8 Å². The Morgan fingerprint density at radius 1 is 1.31 bits per heavy atom. The van der Waals surface area contributed by atoms with Crippen molar-refractivity contribution in [1.82, 2.24) is 20.4 Å². The summed E-state index contributed by atoms with van der Waals surface area (Å²) in [5.74, 6) is -0.699. The van der Waals surface area contributed by atoms with Crippen LogP contribution in [0.1, 0.15) is 41.4 Å². The highest BCUT2D eigenvalue weighted by Crippen LogP contribution is 2.28. The molecule has 7 nitrogen and oxygen atoms in total. The molecule has 0 spiro atoms. The van der Waals surface area contributed by atoms with Crippen molar-refractivity contribution in [3.05, 3.63) is 17.5 Å². The Morgan fingerprint density at radius 3 is 2.65 bits per heavy atom. The second-order valence-corrected chi connectivity index (χ2v) is 6.67. The number of nitrogens with one attached hydrogen (secondary N) is 2. The molecule has 10 heteroatoms. The zero-order chi connectivity index (χ0) is 18.7. The molecule has 0 radical (unpaired) electrons. The van der Waals surface area contributed by atoms with Crippen molar-refractivity contribution in [3.63, 3.8) is 0 Å². The van der Waals surface area contributed by atoms with E-state index < -0.39 is 18.6 Å². The molecule has 144 valence electrons. The highest BCUT2D eigenvalue weighted by Gasteiger charge is 2.32. The molecule has 2 aliphatic heterocycles. The van der Waals surface area contributed by atoms with Crippen molar-refractivity contribution in [2.75, 3.05) is 32.8 Å². The van der Waals surface area contributed by atoms with E-state index in [9.17, 15) is 22.8 Å². The largest absolute Gasteiger partial charge is 0.405 e. The standard InChI is InChI=1S/C16H21F3N4O3/c17-16(18,19)9-20-14(24)13-7-12(21-22-13)10-1-4-23(5-2-10)15(25)11-3-6-26-8-11/h7,10-11H,1-6,8-9H2,(H,20,24)(H,21,22). The summed E-state index contributed by atoms with van der Waals surface area (Å²) in [6.45, 7) is 0.929. The van der Waals surface area contributed by atoms with Crippen LogP contribution in [-0.2, 0) is 9.53 Å². The molecule has 3 heterocycles. The van der Waals surface area contributed by atoms with Crippen molar-refractivity contribution >= 4 is 11.8 Å². The van der Waals surface area contributed by atoms with E-state index >= 15 is 0 Å². The lowest BCUT2D eigenvalue weighted by Crippen LogP contribution is -2.41. The average Bonchev–Trinajstić information content (AvgIpc) is 3.30. The molecule has 0 aliphatic carbocycles. The number of carbonyl (C=O) groups is 2. The summed E-state index contributed by atoms with van der Waals surface area (Å²) in [6, 6.07) is 1.48. The van der Waals surface area contributed by atoms with Crippen LogP contribution in [-0.4, -0.2) is 65.9 Å². The van der Waals surface area contributed by atoms with Crippen LogP contribution in [0.25, 0.3) is 0 Å². The van der Waals surface area contributed by atoms with E-state index in [4.69, 9.17) is 4.74 Å². The van der Waals surface area contributed by atoms with Crippen molar-refractivity contribution in [1.29, 1.82) is 0 Å². The Balaban J connectivity index is 1.51. The van der Waals surface area contributed by atoms with E-state index in [1.807, 2.05) is 4.90 Å². The van der Waals surface area contributed by atoms with Gasteiger partial charge in [0.05, 0.1) is 12.5 Å². The number of rotatable bonds is 4. The second kappa shape index (κ2) is 7.65. The highest BCUT2D eigenvalue weighted by molar-refractivity contribution is 5.92. The first kappa shape index (κ1) is 18.7. The van der Waals surface area contributed by atoms with Crippen LogP contribution >= 0.6 is 0 Å². The van der Waals surface area contributed by atoms with Crippen LogP contribution in [0, 0.1) is 5.92 Å². The first-order valence-corrected chi connectivity index (χ1v) is 8.60. The van der Waals surface area contributed by atoms with E-state index in [-0.39, 0.29) is 23.4 Å². The maximum Gasteiger partial charge on any atom is 0.405 e. The number of aromatic amines is 1. The Kier molecular flexibility index (Phi) is 5.49. The molecule has 1 atom stereocenters. The van der Waals surface area contributed by atoms with Gasteiger partial charge in [0.15, 0.2) is 0 Å². The fourth-order valence-corrected chi connectivity index (χ4v) is 3.33. The van der Waals surface area contributed by atoms with Crippen LogP contribution in [0.2, 0.25) is 0 Å². The third kappa shape index (κ3) is 4.54. The summed E-state index contributed by atoms with van der Waals surface area (Å²) in [5.41, 5.74) is 0.643. The van der Waals surface area contributed by atoms with Gasteiger partial charge in [-0.1, -0.05) is 0 Å². The van der Waals surface area contributed by atoms with Gasteiger partial charge in [-0.3, -0.25) is 14.7 Å². The first-order chi connectivity index (χ1) is 12.3. The number of aromatic nitrogens is 2. The lowest BCUT2D eigenvalue weighted by molar-refractivity contribution is -0.136. The number of piperidine rings is 1. The number of alkyl halides is 3. The first-order valence-electron chi connectivity index (χ1n) is 8.60. The lowest BCUT2D eigenvalue weighted by Gasteiger charge is -2.32. The zero-order valence-electron chi connectivity index (χ0n) is 14.1. The number of carbonyl (C=O) groups excluding carboxylic acids is 2. The van der Waals surface area contributed by atoms with Crippen molar-refractivity contribution in [3.8, 4) is 0 Å². The van der Waals surface area contributed by atoms with Crippen LogP contribution < -0.4 is 5.32 Å². The van der Waals surface area contributed by atoms with Crippen molar-refractivity contribution in [2.45, 2.75) is 31.4 Å². The van der Waals surface area contributed by atoms with Crippen LogP contribution in [0.15, 0.2) is 6.07 Å². The molecule has 1 aromatic rings. The molecule has 26 heavy (non-hydrogen) atoms. The molecule has 1 unspecified atom stereocenters. The van der Waals surface area contributed by atoms with E-state index in [2.05, 4.69) is 10.2 Å². The van der Waals surface area contributed by atoms with Gasteiger partial charge in [-0.15, -0.1) is 0 Å². The van der Waals surface area contributed by atoms with Crippen LogP contribution in [0.3, 0.4) is 0 Å². The normalized spacial score (nSPS) is 21.8. The van der Waals surface area contributed by atoms with Gasteiger partial charge in [0.2, 0.25) is 5.91 Å². The Morgan fingerprint density at radius 2 is 2.04 bits per heavy atom. The highest BCUT2D eigenvalue weighted by atomic mass is 19.4. The summed E-state index contributed by atoms with van der Waals surface area (Å²) in [4.78, 5) is 25.9. The summed E-state index contributed by atoms with van der Waals surface area (Å²) in [6.07, 6.45) is -2.27. The van der Waals surface area contributed by atoms with Gasteiger partial charge in [-0.25, -0.2) is 0 Å². The number of ether oxygens (including phenoxy) is 1. The molecule has 3 rings (SSSR count). The Bertz CT molecular complexity index is 647. The maximum absolute atomic E-state index is 12.4. The number of nitrogens with zero attached hydrogens (tertiary/aromatic N) is 2. The van der Waals surface area contributed by atoms with Gasteiger partial charge in [-0.2, -0.15) is 18.3 Å². The molecule has 2 N–H and O–H groups in total. The zero-order valence-corrected chi connectivity index (χ0v) is 14.1. The molecule has 1 aromatic heterocycles. The fraction of sp³-hybridized carbons (Fsp3) is 0.688. The third-order valence-corrected chi connectivity index (χ3v) is 4.81. The van der Waals surface area contributed by atoms with Gasteiger partial charge in [0.1, 0.15) is 12.2 Å². The monoisotopic (exact) mass is 374 g/mol. The number of amides is 2. The number of H-pyrrole nitrogens is 1.